The SMILES string of the molecule is O=C(N[C@H](Cn1cncn1)c1ccccc1)N1CCCCCCC1. The Morgan fingerprint density at radius 2 is 1.79 bits per heavy atom. The van der Waals surface area contributed by atoms with Gasteiger partial charge in [-0.1, -0.05) is 49.6 Å². The monoisotopic (exact) mass is 327 g/mol. The quantitative estimate of drug-likeness (QED) is 0.939. The Balaban J connectivity index is 1.69. The van der Waals surface area contributed by atoms with Crippen LogP contribution >= 0.6 is 0 Å². The molecule has 1 aliphatic heterocycles. The number of benzene rings is 1. The van der Waals surface area contributed by atoms with Crippen LogP contribution in [0.5, 0.6) is 0 Å². The summed E-state index contributed by atoms with van der Waals surface area (Å²) >= 11 is 0. The second-order valence-electron chi connectivity index (χ2n) is 6.29. The minimum Gasteiger partial charge on any atom is -0.329 e. The summed E-state index contributed by atoms with van der Waals surface area (Å²) in [6.07, 6.45) is 9.09. The molecule has 1 aromatic heterocycles. The number of carbonyl (C=O) groups excluding carboxylic acids is 1. The summed E-state index contributed by atoms with van der Waals surface area (Å²) in [6.45, 7) is 2.26. The van der Waals surface area contributed by atoms with E-state index in [1.165, 1.54) is 25.6 Å². The summed E-state index contributed by atoms with van der Waals surface area (Å²) in [6, 6.07) is 9.94. The third kappa shape index (κ3) is 4.57. The fourth-order valence-corrected chi connectivity index (χ4v) is 3.12. The molecule has 128 valence electrons. The molecule has 6 nitrogen and oxygen atoms in total. The van der Waals surface area contributed by atoms with E-state index < -0.39 is 0 Å². The van der Waals surface area contributed by atoms with Gasteiger partial charge in [0.05, 0.1) is 12.6 Å². The predicted molar refractivity (Wildman–Crippen MR) is 92.4 cm³/mol. The minimum absolute atomic E-state index is 0.0193. The Hall–Kier alpha value is -2.37. The van der Waals surface area contributed by atoms with Crippen LogP contribution in [-0.2, 0) is 6.54 Å². The van der Waals surface area contributed by atoms with Gasteiger partial charge in [0.25, 0.3) is 0 Å². The molecule has 0 bridgehead atoms. The molecular formula is C18H25N5O. The van der Waals surface area contributed by atoms with Crippen LogP contribution < -0.4 is 5.32 Å². The first-order valence-electron chi connectivity index (χ1n) is 8.76. The van der Waals surface area contributed by atoms with Crippen molar-refractivity contribution in [1.29, 1.82) is 0 Å². The van der Waals surface area contributed by atoms with Crippen LogP contribution in [-0.4, -0.2) is 38.8 Å². The first kappa shape index (κ1) is 16.5. The number of urea groups is 1. The lowest BCUT2D eigenvalue weighted by atomic mass is 10.1. The molecule has 3 rings (SSSR count). The molecule has 1 saturated heterocycles. The second-order valence-corrected chi connectivity index (χ2v) is 6.29. The predicted octanol–water partition coefficient (Wildman–Crippen LogP) is 3.00. The van der Waals surface area contributed by atoms with Gasteiger partial charge in [0.1, 0.15) is 12.7 Å². The van der Waals surface area contributed by atoms with Crippen molar-refractivity contribution >= 4 is 6.03 Å². The van der Waals surface area contributed by atoms with Gasteiger partial charge in [0, 0.05) is 13.1 Å². The maximum Gasteiger partial charge on any atom is 0.317 e. The van der Waals surface area contributed by atoms with Gasteiger partial charge in [-0.05, 0) is 18.4 Å². The van der Waals surface area contributed by atoms with Gasteiger partial charge in [-0.15, -0.1) is 0 Å². The summed E-state index contributed by atoms with van der Waals surface area (Å²) < 4.78 is 1.76. The van der Waals surface area contributed by atoms with E-state index in [4.69, 9.17) is 0 Å². The molecule has 1 aliphatic rings. The molecule has 2 aromatic rings. The highest BCUT2D eigenvalue weighted by Crippen LogP contribution is 2.16. The van der Waals surface area contributed by atoms with Crippen LogP contribution in [0.2, 0.25) is 0 Å². The lowest BCUT2D eigenvalue weighted by Gasteiger charge is -2.28. The molecule has 1 atom stereocenters. The maximum atomic E-state index is 12.7. The molecule has 0 saturated carbocycles. The number of hydrogen-bond acceptors (Lipinski definition) is 3. The van der Waals surface area contributed by atoms with Crippen LogP contribution in [0, 0.1) is 0 Å². The Morgan fingerprint density at radius 1 is 1.08 bits per heavy atom. The van der Waals surface area contributed by atoms with Crippen molar-refractivity contribution in [1.82, 2.24) is 25.0 Å². The van der Waals surface area contributed by atoms with Crippen LogP contribution in [0.4, 0.5) is 4.79 Å². The third-order valence-electron chi connectivity index (χ3n) is 4.48. The summed E-state index contributed by atoms with van der Waals surface area (Å²) in [5, 5.41) is 7.36. The maximum absolute atomic E-state index is 12.7. The number of nitrogens with zero attached hydrogens (tertiary/aromatic N) is 4. The van der Waals surface area contributed by atoms with Crippen molar-refractivity contribution in [2.75, 3.05) is 13.1 Å². The van der Waals surface area contributed by atoms with E-state index in [1.807, 2.05) is 35.2 Å². The van der Waals surface area contributed by atoms with E-state index in [0.717, 1.165) is 31.5 Å². The van der Waals surface area contributed by atoms with Crippen molar-refractivity contribution in [3.8, 4) is 0 Å². The third-order valence-corrected chi connectivity index (χ3v) is 4.48. The lowest BCUT2D eigenvalue weighted by molar-refractivity contribution is 0.186. The average Bonchev–Trinajstić information content (AvgIpc) is 3.08. The van der Waals surface area contributed by atoms with Gasteiger partial charge < -0.3 is 10.2 Å². The van der Waals surface area contributed by atoms with Crippen molar-refractivity contribution < 1.29 is 4.79 Å². The Morgan fingerprint density at radius 3 is 2.46 bits per heavy atom. The van der Waals surface area contributed by atoms with E-state index in [1.54, 1.807) is 11.0 Å². The molecule has 1 fully saturated rings. The smallest absolute Gasteiger partial charge is 0.317 e. The molecule has 0 radical (unpaired) electrons. The van der Waals surface area contributed by atoms with Crippen molar-refractivity contribution in [2.24, 2.45) is 0 Å². The summed E-state index contributed by atoms with van der Waals surface area (Å²) in [7, 11) is 0. The normalized spacial score (nSPS) is 16.9. The number of aromatic nitrogens is 3. The van der Waals surface area contributed by atoms with Gasteiger partial charge in [0.15, 0.2) is 0 Å². The molecule has 24 heavy (non-hydrogen) atoms. The van der Waals surface area contributed by atoms with Crippen molar-refractivity contribution in [2.45, 2.75) is 44.7 Å². The molecule has 2 heterocycles. The Kier molecular flexibility index (Phi) is 5.82. The van der Waals surface area contributed by atoms with E-state index in [9.17, 15) is 4.79 Å². The minimum atomic E-state index is -0.120. The van der Waals surface area contributed by atoms with Gasteiger partial charge in [-0.25, -0.2) is 9.78 Å². The Labute approximate surface area is 142 Å². The van der Waals surface area contributed by atoms with Crippen molar-refractivity contribution in [3.05, 3.63) is 48.5 Å². The van der Waals surface area contributed by atoms with E-state index >= 15 is 0 Å². The zero-order chi connectivity index (χ0) is 16.6. The highest BCUT2D eigenvalue weighted by atomic mass is 16.2. The Bertz CT molecular complexity index is 606. The van der Waals surface area contributed by atoms with E-state index in [-0.39, 0.29) is 12.1 Å². The number of hydrogen-bond donors (Lipinski definition) is 1. The first-order chi connectivity index (χ1) is 11.8. The summed E-state index contributed by atoms with van der Waals surface area (Å²) in [5.41, 5.74) is 1.08. The van der Waals surface area contributed by atoms with Crippen molar-refractivity contribution in [3.63, 3.8) is 0 Å². The largest absolute Gasteiger partial charge is 0.329 e. The number of carbonyl (C=O) groups is 1. The molecule has 0 unspecified atom stereocenters. The molecule has 1 aromatic carbocycles. The fraction of sp³-hybridized carbons (Fsp3) is 0.500. The highest BCUT2D eigenvalue weighted by molar-refractivity contribution is 5.74. The van der Waals surface area contributed by atoms with Crippen LogP contribution in [0.1, 0.15) is 43.7 Å². The summed E-state index contributed by atoms with van der Waals surface area (Å²) in [4.78, 5) is 18.7. The highest BCUT2D eigenvalue weighted by Gasteiger charge is 2.20. The number of amides is 2. The molecule has 0 spiro atoms. The lowest BCUT2D eigenvalue weighted by Crippen LogP contribution is -2.44. The summed E-state index contributed by atoms with van der Waals surface area (Å²) in [5.74, 6) is 0. The van der Waals surface area contributed by atoms with E-state index in [2.05, 4.69) is 15.4 Å². The van der Waals surface area contributed by atoms with Crippen LogP contribution in [0.25, 0.3) is 0 Å². The van der Waals surface area contributed by atoms with Gasteiger partial charge in [-0.2, -0.15) is 5.10 Å². The standard InChI is InChI=1S/C18H25N5O/c24-18(22-11-7-2-1-3-8-12-22)21-17(13-23-15-19-14-20-23)16-9-5-4-6-10-16/h4-6,9-10,14-15,17H,1-3,7-8,11-13H2,(H,21,24)/t17-/m1/s1. The van der Waals surface area contributed by atoms with Crippen LogP contribution in [0.15, 0.2) is 43.0 Å². The number of rotatable bonds is 4. The number of likely N-dealkylation sites (tertiary alicyclic amines) is 1. The zero-order valence-electron chi connectivity index (χ0n) is 14.0. The number of nitrogens with one attached hydrogen (secondary N) is 1. The second kappa shape index (κ2) is 8.47. The van der Waals surface area contributed by atoms with Gasteiger partial charge in [0.2, 0.25) is 0 Å². The topological polar surface area (TPSA) is 63.1 Å². The van der Waals surface area contributed by atoms with Gasteiger partial charge >= 0.3 is 6.03 Å². The average molecular weight is 327 g/mol. The molecule has 0 aliphatic carbocycles. The van der Waals surface area contributed by atoms with Gasteiger partial charge in [-0.3, -0.25) is 4.68 Å². The van der Waals surface area contributed by atoms with E-state index in [0.29, 0.717) is 6.54 Å². The molecule has 1 N–H and O–H groups in total. The molecule has 2 amide bonds. The van der Waals surface area contributed by atoms with Crippen LogP contribution in [0.3, 0.4) is 0 Å². The molecule has 6 heteroatoms. The molecular weight excluding hydrogens is 302 g/mol. The fourth-order valence-electron chi connectivity index (χ4n) is 3.12. The first-order valence-corrected chi connectivity index (χ1v) is 8.76. The zero-order valence-corrected chi connectivity index (χ0v) is 14.0.